The van der Waals surface area contributed by atoms with E-state index in [9.17, 15) is 18.0 Å². The first-order valence-corrected chi connectivity index (χ1v) is 10.9. The van der Waals surface area contributed by atoms with Crippen LogP contribution in [0.5, 0.6) is 0 Å². The van der Waals surface area contributed by atoms with E-state index in [1.807, 2.05) is 12.1 Å². The average Bonchev–Trinajstić information content (AvgIpc) is 3.22. The van der Waals surface area contributed by atoms with Crippen LogP contribution < -0.4 is 4.90 Å². The second kappa shape index (κ2) is 9.54. The Morgan fingerprint density at radius 2 is 1.82 bits per heavy atom. The lowest BCUT2D eigenvalue weighted by Gasteiger charge is -2.25. The number of anilines is 1. The summed E-state index contributed by atoms with van der Waals surface area (Å²) in [6.07, 6.45) is -1.50. The number of halogens is 4. The van der Waals surface area contributed by atoms with Gasteiger partial charge >= 0.3 is 6.18 Å². The summed E-state index contributed by atoms with van der Waals surface area (Å²) in [5, 5.41) is 8.39. The minimum atomic E-state index is -4.50. The molecule has 1 aromatic carbocycles. The van der Waals surface area contributed by atoms with Crippen molar-refractivity contribution in [3.05, 3.63) is 76.3 Å². The van der Waals surface area contributed by atoms with Crippen LogP contribution in [0.3, 0.4) is 0 Å². The molecule has 0 aliphatic carbocycles. The lowest BCUT2D eigenvalue weighted by molar-refractivity contribution is -0.138. The highest BCUT2D eigenvalue weighted by molar-refractivity contribution is 6.30. The van der Waals surface area contributed by atoms with Crippen LogP contribution in [0.4, 0.5) is 19.1 Å². The van der Waals surface area contributed by atoms with E-state index in [4.69, 9.17) is 11.6 Å². The number of amides is 1. The Morgan fingerprint density at radius 3 is 2.44 bits per heavy atom. The number of nitrogens with zero attached hydrogens (tertiary/aromatic N) is 6. The molecule has 7 nitrogen and oxygen atoms in total. The maximum atomic E-state index is 13.2. The Labute approximate surface area is 199 Å². The molecule has 0 bridgehead atoms. The van der Waals surface area contributed by atoms with Crippen LogP contribution in [0.25, 0.3) is 0 Å². The molecule has 1 fully saturated rings. The zero-order chi connectivity index (χ0) is 24.5. The van der Waals surface area contributed by atoms with Crippen molar-refractivity contribution in [2.24, 2.45) is 5.92 Å². The Morgan fingerprint density at radius 1 is 1.15 bits per heavy atom. The van der Waals surface area contributed by atoms with Crippen molar-refractivity contribution in [3.8, 4) is 0 Å². The van der Waals surface area contributed by atoms with E-state index in [0.29, 0.717) is 35.9 Å². The minimum Gasteiger partial charge on any atom is -0.344 e. The summed E-state index contributed by atoms with van der Waals surface area (Å²) in [7, 11) is 1.72. The van der Waals surface area contributed by atoms with Gasteiger partial charge in [-0.25, -0.2) is 9.97 Å². The number of carbonyl (C=O) groups is 1. The highest BCUT2D eigenvalue weighted by Gasteiger charge is 2.38. The summed E-state index contributed by atoms with van der Waals surface area (Å²) in [5.74, 6) is 0.0143. The van der Waals surface area contributed by atoms with Crippen LogP contribution in [0.15, 0.2) is 48.9 Å². The number of aryl methyl sites for hydroxylation is 1. The Balaban J connectivity index is 1.56. The predicted molar refractivity (Wildman–Crippen MR) is 121 cm³/mol. The molecule has 0 spiro atoms. The van der Waals surface area contributed by atoms with Crippen molar-refractivity contribution in [2.75, 3.05) is 31.6 Å². The van der Waals surface area contributed by atoms with Gasteiger partial charge in [0.25, 0.3) is 5.91 Å². The Bertz CT molecular complexity index is 1160. The van der Waals surface area contributed by atoms with E-state index in [2.05, 4.69) is 20.2 Å². The number of aromatic nitrogens is 4. The maximum absolute atomic E-state index is 13.2. The first-order chi connectivity index (χ1) is 16.1. The molecule has 0 saturated carbocycles. The molecule has 0 radical (unpaired) electrons. The number of benzene rings is 1. The SMILES string of the molecule is Cc1cc(C(=O)N2CC(CN(C)c3ncc(C(F)(F)F)cn3)C(c3ccc(Cl)cc3)C2)cnn1. The second-order valence-corrected chi connectivity index (χ2v) is 8.80. The summed E-state index contributed by atoms with van der Waals surface area (Å²) in [6, 6.07) is 9.16. The zero-order valence-electron chi connectivity index (χ0n) is 18.5. The number of hydrogen-bond donors (Lipinski definition) is 0. The fourth-order valence-corrected chi connectivity index (χ4v) is 4.31. The Kier molecular flexibility index (Phi) is 6.70. The molecule has 34 heavy (non-hydrogen) atoms. The highest BCUT2D eigenvalue weighted by atomic mass is 35.5. The molecule has 2 unspecified atom stereocenters. The van der Waals surface area contributed by atoms with Gasteiger partial charge in [0.2, 0.25) is 5.95 Å². The van der Waals surface area contributed by atoms with E-state index >= 15 is 0 Å². The molecule has 1 aliphatic heterocycles. The number of carbonyl (C=O) groups excluding carboxylic acids is 1. The van der Waals surface area contributed by atoms with Crippen LogP contribution in [0.1, 0.15) is 33.1 Å². The predicted octanol–water partition coefficient (Wildman–Crippen LogP) is 4.24. The number of alkyl halides is 3. The molecule has 2 aromatic heterocycles. The van der Waals surface area contributed by atoms with Crippen molar-refractivity contribution in [1.82, 2.24) is 25.1 Å². The first kappa shape index (κ1) is 23.9. The summed E-state index contributed by atoms with van der Waals surface area (Å²) in [5.41, 5.74) is 1.23. The van der Waals surface area contributed by atoms with E-state index in [0.717, 1.165) is 18.0 Å². The molecule has 2 atom stereocenters. The highest BCUT2D eigenvalue weighted by Crippen LogP contribution is 2.35. The number of hydrogen-bond acceptors (Lipinski definition) is 6. The monoisotopic (exact) mass is 490 g/mol. The Hall–Kier alpha value is -3.27. The van der Waals surface area contributed by atoms with Gasteiger partial charge in [-0.05, 0) is 30.7 Å². The van der Waals surface area contributed by atoms with Gasteiger partial charge in [0.05, 0.1) is 23.0 Å². The van der Waals surface area contributed by atoms with E-state index in [1.54, 1.807) is 42.0 Å². The van der Waals surface area contributed by atoms with Crippen molar-refractivity contribution in [2.45, 2.75) is 19.0 Å². The molecule has 4 rings (SSSR count). The lowest BCUT2D eigenvalue weighted by atomic mass is 9.88. The third-order valence-electron chi connectivity index (χ3n) is 5.87. The van der Waals surface area contributed by atoms with Crippen molar-refractivity contribution in [1.29, 1.82) is 0 Å². The average molecular weight is 491 g/mol. The van der Waals surface area contributed by atoms with Crippen LogP contribution in [0.2, 0.25) is 5.02 Å². The van der Waals surface area contributed by atoms with Gasteiger partial charge in [-0.1, -0.05) is 23.7 Å². The zero-order valence-corrected chi connectivity index (χ0v) is 19.3. The van der Waals surface area contributed by atoms with Gasteiger partial charge in [0.1, 0.15) is 0 Å². The summed E-state index contributed by atoms with van der Waals surface area (Å²) in [6.45, 7) is 3.15. The molecule has 1 saturated heterocycles. The molecule has 0 N–H and O–H groups in total. The molecule has 1 amide bonds. The fourth-order valence-electron chi connectivity index (χ4n) is 4.18. The van der Waals surface area contributed by atoms with Gasteiger partial charge in [0, 0.05) is 55.9 Å². The fraction of sp³-hybridized carbons (Fsp3) is 0.348. The largest absolute Gasteiger partial charge is 0.419 e. The second-order valence-electron chi connectivity index (χ2n) is 8.36. The quantitative estimate of drug-likeness (QED) is 0.532. The number of likely N-dealkylation sites (tertiary alicyclic amines) is 1. The molecule has 178 valence electrons. The molecule has 3 aromatic rings. The molecular weight excluding hydrogens is 469 g/mol. The van der Waals surface area contributed by atoms with Crippen molar-refractivity contribution >= 4 is 23.5 Å². The van der Waals surface area contributed by atoms with E-state index in [-0.39, 0.29) is 23.7 Å². The molecule has 1 aliphatic rings. The molecular formula is C23H22ClF3N6O. The lowest BCUT2D eigenvalue weighted by Crippen LogP contribution is -2.32. The number of rotatable bonds is 5. The van der Waals surface area contributed by atoms with Crippen LogP contribution in [-0.4, -0.2) is 57.7 Å². The minimum absolute atomic E-state index is 0.00555. The van der Waals surface area contributed by atoms with Crippen LogP contribution in [-0.2, 0) is 6.18 Å². The van der Waals surface area contributed by atoms with Crippen molar-refractivity contribution < 1.29 is 18.0 Å². The van der Waals surface area contributed by atoms with E-state index in [1.165, 1.54) is 6.20 Å². The summed E-state index contributed by atoms with van der Waals surface area (Å²) >= 11 is 6.06. The molecule has 3 heterocycles. The maximum Gasteiger partial charge on any atom is 0.419 e. The summed E-state index contributed by atoms with van der Waals surface area (Å²) in [4.78, 5) is 24.4. The molecule has 11 heteroatoms. The van der Waals surface area contributed by atoms with E-state index < -0.39 is 11.7 Å². The van der Waals surface area contributed by atoms with Gasteiger partial charge in [-0.15, -0.1) is 0 Å². The third-order valence-corrected chi connectivity index (χ3v) is 6.12. The first-order valence-electron chi connectivity index (χ1n) is 10.6. The smallest absolute Gasteiger partial charge is 0.344 e. The van der Waals surface area contributed by atoms with Gasteiger partial charge < -0.3 is 9.80 Å². The van der Waals surface area contributed by atoms with Crippen molar-refractivity contribution in [3.63, 3.8) is 0 Å². The van der Waals surface area contributed by atoms with Gasteiger partial charge in [-0.2, -0.15) is 23.4 Å². The topological polar surface area (TPSA) is 75.1 Å². The normalized spacial score (nSPS) is 18.2. The van der Waals surface area contributed by atoms with Crippen LogP contribution in [0, 0.1) is 12.8 Å². The van der Waals surface area contributed by atoms with Crippen LogP contribution >= 0.6 is 11.6 Å². The standard InChI is InChI=1S/C23H22ClF3N6O/c1-14-7-16(8-30-31-14)21(34)33-12-17(20(13-33)15-3-5-19(24)6-4-15)11-32(2)22-28-9-18(10-29-22)23(25,26)27/h3-10,17,20H,11-13H2,1-2H3. The third kappa shape index (κ3) is 5.27. The summed E-state index contributed by atoms with van der Waals surface area (Å²) < 4.78 is 38.6. The van der Waals surface area contributed by atoms with Gasteiger partial charge in [0.15, 0.2) is 0 Å². The van der Waals surface area contributed by atoms with Gasteiger partial charge in [-0.3, -0.25) is 4.79 Å².